The third-order valence-electron chi connectivity index (χ3n) is 3.89. The highest BCUT2D eigenvalue weighted by Crippen LogP contribution is 2.25. The summed E-state index contributed by atoms with van der Waals surface area (Å²) >= 11 is 2.25. The molecule has 2 heterocycles. The van der Waals surface area contributed by atoms with Crippen LogP contribution in [-0.2, 0) is 6.54 Å². The SMILES string of the molecule is COc1ccc(-n2ncc(-c3nnn(Cc4ccccc4)n3)c2I)cc1. The van der Waals surface area contributed by atoms with Gasteiger partial charge in [-0.15, -0.1) is 10.2 Å². The quantitative estimate of drug-likeness (QED) is 0.430. The number of methoxy groups -OCH3 is 1. The van der Waals surface area contributed by atoms with Gasteiger partial charge in [-0.1, -0.05) is 30.3 Å². The molecule has 0 unspecified atom stereocenters. The number of tetrazole rings is 1. The molecule has 130 valence electrons. The lowest BCUT2D eigenvalue weighted by molar-refractivity contribution is 0.414. The number of aromatic nitrogens is 6. The molecule has 0 fully saturated rings. The van der Waals surface area contributed by atoms with E-state index in [2.05, 4.69) is 43.1 Å². The van der Waals surface area contributed by atoms with E-state index in [-0.39, 0.29) is 0 Å². The highest BCUT2D eigenvalue weighted by atomic mass is 127. The van der Waals surface area contributed by atoms with Crippen molar-refractivity contribution in [3.8, 4) is 22.8 Å². The summed E-state index contributed by atoms with van der Waals surface area (Å²) in [4.78, 5) is 1.59. The fraction of sp³-hybridized carbons (Fsp3) is 0.111. The summed E-state index contributed by atoms with van der Waals surface area (Å²) in [7, 11) is 1.65. The summed E-state index contributed by atoms with van der Waals surface area (Å²) in [5.41, 5.74) is 2.92. The van der Waals surface area contributed by atoms with Gasteiger partial charge in [0.25, 0.3) is 0 Å². The monoisotopic (exact) mass is 458 g/mol. The van der Waals surface area contributed by atoms with Crippen molar-refractivity contribution in [1.82, 2.24) is 30.0 Å². The molecule has 8 heteroatoms. The van der Waals surface area contributed by atoms with Crippen molar-refractivity contribution in [1.29, 1.82) is 0 Å². The van der Waals surface area contributed by atoms with Crippen LogP contribution >= 0.6 is 22.6 Å². The van der Waals surface area contributed by atoms with Gasteiger partial charge in [-0.25, -0.2) is 4.68 Å². The molecule has 0 saturated carbocycles. The Balaban J connectivity index is 1.60. The van der Waals surface area contributed by atoms with Crippen LogP contribution in [0.1, 0.15) is 5.56 Å². The Bertz CT molecular complexity index is 1010. The maximum absolute atomic E-state index is 5.20. The Morgan fingerprint density at radius 3 is 2.54 bits per heavy atom. The zero-order valence-corrected chi connectivity index (χ0v) is 16.1. The average Bonchev–Trinajstić information content (AvgIpc) is 3.29. The summed E-state index contributed by atoms with van der Waals surface area (Å²) in [6.45, 7) is 0.580. The number of halogens is 1. The smallest absolute Gasteiger partial charge is 0.209 e. The van der Waals surface area contributed by atoms with Crippen molar-refractivity contribution in [2.45, 2.75) is 6.54 Å². The number of rotatable bonds is 5. The lowest BCUT2D eigenvalue weighted by Crippen LogP contribution is -2.03. The second-order valence-corrected chi connectivity index (χ2v) is 6.61. The first-order valence-corrected chi connectivity index (χ1v) is 9.02. The van der Waals surface area contributed by atoms with Crippen molar-refractivity contribution in [2.24, 2.45) is 0 Å². The van der Waals surface area contributed by atoms with Gasteiger partial charge in [0.15, 0.2) is 0 Å². The summed E-state index contributed by atoms with van der Waals surface area (Å²) < 4.78 is 7.96. The molecule has 0 aliphatic heterocycles. The molecule has 4 aromatic rings. The predicted molar refractivity (Wildman–Crippen MR) is 105 cm³/mol. The molecule has 0 bridgehead atoms. The largest absolute Gasteiger partial charge is 0.497 e. The minimum Gasteiger partial charge on any atom is -0.497 e. The normalized spacial score (nSPS) is 10.8. The molecule has 0 spiro atoms. The van der Waals surface area contributed by atoms with E-state index in [1.807, 2.05) is 59.3 Å². The van der Waals surface area contributed by atoms with Crippen molar-refractivity contribution >= 4 is 22.6 Å². The van der Waals surface area contributed by atoms with E-state index < -0.39 is 0 Å². The molecule has 2 aromatic heterocycles. The average molecular weight is 458 g/mol. The van der Waals surface area contributed by atoms with E-state index in [1.54, 1.807) is 18.1 Å². The Labute approximate surface area is 163 Å². The molecule has 0 N–H and O–H groups in total. The molecule has 0 aliphatic carbocycles. The fourth-order valence-corrected chi connectivity index (χ4v) is 3.34. The van der Waals surface area contributed by atoms with E-state index >= 15 is 0 Å². The lowest BCUT2D eigenvalue weighted by atomic mass is 10.2. The molecule has 0 amide bonds. The molecular weight excluding hydrogens is 443 g/mol. The topological polar surface area (TPSA) is 70.7 Å². The van der Waals surface area contributed by atoms with Crippen molar-refractivity contribution in [3.63, 3.8) is 0 Å². The van der Waals surface area contributed by atoms with E-state index in [9.17, 15) is 0 Å². The van der Waals surface area contributed by atoms with Crippen LogP contribution in [0.3, 0.4) is 0 Å². The summed E-state index contributed by atoms with van der Waals surface area (Å²) in [6, 6.07) is 17.8. The van der Waals surface area contributed by atoms with Crippen LogP contribution in [0, 0.1) is 3.70 Å². The summed E-state index contributed by atoms with van der Waals surface area (Å²) in [5, 5.41) is 17.3. The van der Waals surface area contributed by atoms with Gasteiger partial charge in [0.2, 0.25) is 5.82 Å². The number of hydrogen-bond acceptors (Lipinski definition) is 5. The molecule has 0 aliphatic rings. The fourth-order valence-electron chi connectivity index (χ4n) is 2.55. The molecule has 0 atom stereocenters. The molecule has 4 rings (SSSR count). The Kier molecular flexibility index (Phi) is 4.65. The third-order valence-corrected chi connectivity index (χ3v) is 4.93. The van der Waals surface area contributed by atoms with E-state index in [0.29, 0.717) is 12.4 Å². The molecular formula is C18H15IN6O. The van der Waals surface area contributed by atoms with Crippen LogP contribution in [0.5, 0.6) is 5.75 Å². The number of nitrogens with zero attached hydrogens (tertiary/aromatic N) is 6. The Morgan fingerprint density at radius 2 is 1.81 bits per heavy atom. The van der Waals surface area contributed by atoms with E-state index in [4.69, 9.17) is 4.74 Å². The van der Waals surface area contributed by atoms with Gasteiger partial charge < -0.3 is 4.74 Å². The first kappa shape index (κ1) is 16.7. The molecule has 0 saturated heterocycles. The maximum atomic E-state index is 5.20. The van der Waals surface area contributed by atoms with Crippen LogP contribution in [0.15, 0.2) is 60.8 Å². The van der Waals surface area contributed by atoms with Gasteiger partial charge in [-0.05, 0) is 57.6 Å². The number of benzene rings is 2. The van der Waals surface area contributed by atoms with Gasteiger partial charge >= 0.3 is 0 Å². The molecule has 7 nitrogen and oxygen atoms in total. The van der Waals surface area contributed by atoms with Crippen LogP contribution in [0.25, 0.3) is 17.1 Å². The lowest BCUT2D eigenvalue weighted by Gasteiger charge is -2.05. The summed E-state index contributed by atoms with van der Waals surface area (Å²) in [5.74, 6) is 1.37. The van der Waals surface area contributed by atoms with Gasteiger partial charge in [0.05, 0.1) is 31.1 Å². The standard InChI is InChI=1S/C18H15IN6O/c1-26-15-9-7-14(8-10-15)25-17(19)16(11-20-25)18-21-23-24(22-18)12-13-5-3-2-4-6-13/h2-11H,12H2,1H3. The predicted octanol–water partition coefficient (Wildman–Crippen LogP) is 3.19. The Hall–Kier alpha value is -2.75. The zero-order chi connectivity index (χ0) is 17.9. The van der Waals surface area contributed by atoms with Gasteiger partial charge in [-0.2, -0.15) is 9.90 Å². The first-order chi connectivity index (χ1) is 12.7. The van der Waals surface area contributed by atoms with Crippen LogP contribution < -0.4 is 4.74 Å². The van der Waals surface area contributed by atoms with E-state index in [0.717, 1.165) is 26.3 Å². The van der Waals surface area contributed by atoms with Crippen molar-refractivity contribution < 1.29 is 4.74 Å². The van der Waals surface area contributed by atoms with Crippen LogP contribution in [0.4, 0.5) is 0 Å². The van der Waals surface area contributed by atoms with Crippen molar-refractivity contribution in [2.75, 3.05) is 7.11 Å². The third kappa shape index (κ3) is 3.32. The molecule has 26 heavy (non-hydrogen) atoms. The highest BCUT2D eigenvalue weighted by Gasteiger charge is 2.16. The van der Waals surface area contributed by atoms with Crippen LogP contribution in [0.2, 0.25) is 0 Å². The second-order valence-electron chi connectivity index (χ2n) is 5.59. The van der Waals surface area contributed by atoms with E-state index in [1.165, 1.54) is 0 Å². The minimum atomic E-state index is 0.560. The second kappa shape index (κ2) is 7.24. The minimum absolute atomic E-state index is 0.560. The zero-order valence-electron chi connectivity index (χ0n) is 14.0. The first-order valence-electron chi connectivity index (χ1n) is 7.94. The number of hydrogen-bond donors (Lipinski definition) is 0. The van der Waals surface area contributed by atoms with Gasteiger partial charge in [-0.3, -0.25) is 0 Å². The van der Waals surface area contributed by atoms with Crippen molar-refractivity contribution in [3.05, 3.63) is 70.1 Å². The maximum Gasteiger partial charge on any atom is 0.209 e. The Morgan fingerprint density at radius 1 is 1.04 bits per heavy atom. The van der Waals surface area contributed by atoms with Gasteiger partial charge in [0, 0.05) is 0 Å². The molecule has 2 aromatic carbocycles. The number of ether oxygens (including phenoxy) is 1. The molecule has 0 radical (unpaired) electrons. The van der Waals surface area contributed by atoms with Gasteiger partial charge in [0.1, 0.15) is 9.45 Å². The van der Waals surface area contributed by atoms with Crippen LogP contribution in [-0.4, -0.2) is 37.1 Å². The summed E-state index contributed by atoms with van der Waals surface area (Å²) in [6.07, 6.45) is 1.76. The highest BCUT2D eigenvalue weighted by molar-refractivity contribution is 14.1.